The maximum atomic E-state index is 12.1. The highest BCUT2D eigenvalue weighted by Gasteiger charge is 2.28. The monoisotopic (exact) mass is 356 g/mol. The molecule has 0 aliphatic carbocycles. The van der Waals surface area contributed by atoms with Crippen molar-refractivity contribution >= 4 is 43.3 Å². The molecular weight excluding hydrogens is 344 g/mol. The molecule has 9 heteroatoms. The number of thiazole rings is 1. The van der Waals surface area contributed by atoms with Crippen LogP contribution in [0.1, 0.15) is 12.6 Å². The number of aryl methyl sites for hydroxylation is 1. The molecule has 1 aromatic rings. The summed E-state index contributed by atoms with van der Waals surface area (Å²) in [6.07, 6.45) is 0. The number of aromatic nitrogens is 1. The average molecular weight is 357 g/mol. The van der Waals surface area contributed by atoms with Crippen LogP contribution in [0.15, 0.2) is 8.13 Å². The van der Waals surface area contributed by atoms with E-state index in [-0.39, 0.29) is 10.9 Å². The second-order valence-electron chi connectivity index (χ2n) is 3.86. The molecule has 0 saturated heterocycles. The Morgan fingerprint density at radius 3 is 2.56 bits per heavy atom. The Balaban J connectivity index is 2.96. The first-order chi connectivity index (χ1) is 8.16. The van der Waals surface area contributed by atoms with E-state index >= 15 is 0 Å². The standard InChI is InChI=1S/C9H13BrN2O4S2/c1-5(8(13)14)4-12(3)18(15,16)9-11-6(2)7(10)17-9/h5H,4H2,1-3H3,(H,13,14). The van der Waals surface area contributed by atoms with Crippen LogP contribution >= 0.6 is 27.3 Å². The van der Waals surface area contributed by atoms with Gasteiger partial charge in [-0.1, -0.05) is 18.3 Å². The molecule has 1 unspecified atom stereocenters. The molecule has 1 atom stereocenters. The van der Waals surface area contributed by atoms with Gasteiger partial charge in [0, 0.05) is 13.6 Å². The van der Waals surface area contributed by atoms with E-state index in [0.717, 1.165) is 15.6 Å². The molecule has 0 spiro atoms. The SMILES string of the molecule is Cc1nc(S(=O)(=O)N(C)CC(C)C(=O)O)sc1Br. The van der Waals surface area contributed by atoms with Crippen LogP contribution in [0.3, 0.4) is 0 Å². The van der Waals surface area contributed by atoms with Crippen LogP contribution in [0.5, 0.6) is 0 Å². The maximum absolute atomic E-state index is 12.1. The topological polar surface area (TPSA) is 87.6 Å². The molecule has 102 valence electrons. The third-order valence-corrected chi connectivity index (χ3v) is 6.49. The van der Waals surface area contributed by atoms with Crippen molar-refractivity contribution in [3.63, 3.8) is 0 Å². The number of aliphatic carboxylic acids is 1. The van der Waals surface area contributed by atoms with Crippen molar-refractivity contribution < 1.29 is 18.3 Å². The molecule has 0 radical (unpaired) electrons. The third kappa shape index (κ3) is 3.28. The number of carboxylic acid groups (broad SMARTS) is 1. The quantitative estimate of drug-likeness (QED) is 0.864. The van der Waals surface area contributed by atoms with Crippen LogP contribution in [0.4, 0.5) is 0 Å². The lowest BCUT2D eigenvalue weighted by molar-refractivity contribution is -0.141. The lowest BCUT2D eigenvalue weighted by Gasteiger charge is -2.17. The number of carboxylic acids is 1. The van der Waals surface area contributed by atoms with Crippen molar-refractivity contribution in [1.29, 1.82) is 0 Å². The van der Waals surface area contributed by atoms with E-state index in [1.807, 2.05) is 0 Å². The molecule has 1 aromatic heterocycles. The van der Waals surface area contributed by atoms with Crippen molar-refractivity contribution in [2.24, 2.45) is 5.92 Å². The first kappa shape index (κ1) is 15.5. The third-order valence-electron chi connectivity index (χ3n) is 2.30. The first-order valence-electron chi connectivity index (χ1n) is 4.98. The Kier molecular flexibility index (Phi) is 4.87. The fourth-order valence-electron chi connectivity index (χ4n) is 1.16. The van der Waals surface area contributed by atoms with E-state index in [1.54, 1.807) is 6.92 Å². The number of sulfonamides is 1. The molecule has 0 aliphatic rings. The zero-order valence-corrected chi connectivity index (χ0v) is 13.3. The van der Waals surface area contributed by atoms with E-state index < -0.39 is 21.9 Å². The fourth-order valence-corrected chi connectivity index (χ4v) is 4.55. The number of hydrogen-bond acceptors (Lipinski definition) is 5. The predicted octanol–water partition coefficient (Wildman–Crippen LogP) is 1.56. The van der Waals surface area contributed by atoms with Crippen LogP contribution in [-0.4, -0.2) is 42.4 Å². The van der Waals surface area contributed by atoms with E-state index in [0.29, 0.717) is 9.48 Å². The van der Waals surface area contributed by atoms with Crippen molar-refractivity contribution in [2.45, 2.75) is 18.2 Å². The smallest absolute Gasteiger partial charge is 0.307 e. The second kappa shape index (κ2) is 5.64. The normalized spacial score (nSPS) is 13.8. The van der Waals surface area contributed by atoms with Gasteiger partial charge in [0.05, 0.1) is 15.4 Å². The van der Waals surface area contributed by atoms with Gasteiger partial charge in [0.15, 0.2) is 0 Å². The number of carbonyl (C=O) groups is 1. The molecule has 1 heterocycles. The molecule has 0 aliphatic heterocycles. The number of halogens is 1. The molecule has 1 N–H and O–H groups in total. The summed E-state index contributed by atoms with van der Waals surface area (Å²) in [4.78, 5) is 14.7. The Bertz CT molecular complexity index is 535. The summed E-state index contributed by atoms with van der Waals surface area (Å²) < 4.78 is 25.9. The van der Waals surface area contributed by atoms with Gasteiger partial charge in [0.25, 0.3) is 10.0 Å². The summed E-state index contributed by atoms with van der Waals surface area (Å²) in [5.74, 6) is -1.80. The fraction of sp³-hybridized carbons (Fsp3) is 0.556. The lowest BCUT2D eigenvalue weighted by atomic mass is 10.2. The highest BCUT2D eigenvalue weighted by molar-refractivity contribution is 9.11. The summed E-state index contributed by atoms with van der Waals surface area (Å²) in [6.45, 7) is 3.06. The molecule has 0 fully saturated rings. The molecule has 0 amide bonds. The van der Waals surface area contributed by atoms with E-state index in [4.69, 9.17) is 5.11 Å². The van der Waals surface area contributed by atoms with E-state index in [2.05, 4.69) is 20.9 Å². The predicted molar refractivity (Wildman–Crippen MR) is 71.2 cm³/mol. The largest absolute Gasteiger partial charge is 0.481 e. The molecule has 0 saturated carbocycles. The van der Waals surface area contributed by atoms with E-state index in [9.17, 15) is 13.2 Å². The van der Waals surface area contributed by atoms with Gasteiger partial charge >= 0.3 is 5.97 Å². The molecule has 0 bridgehead atoms. The molecule has 0 aromatic carbocycles. The highest BCUT2D eigenvalue weighted by Crippen LogP contribution is 2.28. The van der Waals surface area contributed by atoms with Gasteiger partial charge in [-0.3, -0.25) is 4.79 Å². The summed E-state index contributed by atoms with van der Waals surface area (Å²) >= 11 is 4.22. The number of nitrogens with zero attached hydrogens (tertiary/aromatic N) is 2. The Hall–Kier alpha value is -0.510. The summed E-state index contributed by atoms with van der Waals surface area (Å²) in [6, 6.07) is 0. The van der Waals surface area contributed by atoms with Crippen LogP contribution in [0.25, 0.3) is 0 Å². The minimum absolute atomic E-state index is 0.0352. The van der Waals surface area contributed by atoms with Gasteiger partial charge in [-0.05, 0) is 22.9 Å². The minimum atomic E-state index is -3.72. The summed E-state index contributed by atoms with van der Waals surface area (Å²) in [5.41, 5.74) is 0.596. The molecular formula is C9H13BrN2O4S2. The maximum Gasteiger partial charge on any atom is 0.307 e. The number of rotatable bonds is 5. The van der Waals surface area contributed by atoms with Crippen molar-refractivity contribution in [1.82, 2.24) is 9.29 Å². The van der Waals surface area contributed by atoms with Crippen LogP contribution < -0.4 is 0 Å². The summed E-state index contributed by atoms with van der Waals surface area (Å²) in [5, 5.41) is 8.77. The van der Waals surface area contributed by atoms with Crippen LogP contribution in [-0.2, 0) is 14.8 Å². The van der Waals surface area contributed by atoms with E-state index in [1.165, 1.54) is 14.0 Å². The average Bonchev–Trinajstić information content (AvgIpc) is 2.59. The Labute approximate surface area is 118 Å². The van der Waals surface area contributed by atoms with Gasteiger partial charge in [-0.15, -0.1) is 0 Å². The molecule has 18 heavy (non-hydrogen) atoms. The van der Waals surface area contributed by atoms with Crippen molar-refractivity contribution in [3.8, 4) is 0 Å². The first-order valence-corrected chi connectivity index (χ1v) is 8.03. The number of hydrogen-bond donors (Lipinski definition) is 1. The van der Waals surface area contributed by atoms with Gasteiger partial charge < -0.3 is 5.11 Å². The highest BCUT2D eigenvalue weighted by atomic mass is 79.9. The second-order valence-corrected chi connectivity index (χ2v) is 8.40. The molecule has 1 rings (SSSR count). The van der Waals surface area contributed by atoms with Gasteiger partial charge in [0.2, 0.25) is 4.34 Å². The van der Waals surface area contributed by atoms with Crippen molar-refractivity contribution in [2.75, 3.05) is 13.6 Å². The van der Waals surface area contributed by atoms with Gasteiger partial charge in [-0.2, -0.15) is 4.31 Å². The Morgan fingerprint density at radius 1 is 1.61 bits per heavy atom. The Morgan fingerprint density at radius 2 is 2.17 bits per heavy atom. The van der Waals surface area contributed by atoms with Crippen LogP contribution in [0.2, 0.25) is 0 Å². The lowest BCUT2D eigenvalue weighted by Crippen LogP contribution is -2.33. The molecule has 6 nitrogen and oxygen atoms in total. The zero-order valence-electron chi connectivity index (χ0n) is 10.0. The van der Waals surface area contributed by atoms with Gasteiger partial charge in [-0.25, -0.2) is 13.4 Å². The van der Waals surface area contributed by atoms with Crippen LogP contribution in [0, 0.1) is 12.8 Å². The minimum Gasteiger partial charge on any atom is -0.481 e. The zero-order chi connectivity index (χ0) is 14.1. The van der Waals surface area contributed by atoms with Crippen molar-refractivity contribution in [3.05, 3.63) is 9.48 Å². The summed E-state index contributed by atoms with van der Waals surface area (Å²) in [7, 11) is -2.38. The van der Waals surface area contributed by atoms with Gasteiger partial charge in [0.1, 0.15) is 0 Å².